The molecule has 1 aliphatic rings. The minimum absolute atomic E-state index is 0.00976. The third-order valence-electron chi connectivity index (χ3n) is 2.83. The molecule has 112 valence electrons. The Morgan fingerprint density at radius 2 is 1.95 bits per heavy atom. The normalized spacial score (nSPS) is 22.1. The van der Waals surface area contributed by atoms with Gasteiger partial charge in [-0.05, 0) is 33.6 Å². The van der Waals surface area contributed by atoms with E-state index in [-0.39, 0.29) is 13.1 Å². The van der Waals surface area contributed by atoms with Crippen molar-refractivity contribution in [3.05, 3.63) is 0 Å². The molecule has 0 spiro atoms. The highest BCUT2D eigenvalue weighted by Crippen LogP contribution is 2.29. The number of carbonyl (C=O) groups is 1. The third-order valence-corrected chi connectivity index (χ3v) is 2.83. The number of nitrogens with zero attached hydrogens (tertiary/aromatic N) is 1. The minimum Gasteiger partial charge on any atom is -0.444 e. The zero-order valence-corrected chi connectivity index (χ0v) is 11.5. The van der Waals surface area contributed by atoms with Gasteiger partial charge in [-0.3, -0.25) is 0 Å². The van der Waals surface area contributed by atoms with Crippen molar-refractivity contribution in [1.82, 2.24) is 10.2 Å². The van der Waals surface area contributed by atoms with Crippen LogP contribution in [0, 0.1) is 0 Å². The van der Waals surface area contributed by atoms with Crippen LogP contribution in [-0.4, -0.2) is 42.0 Å². The SMILES string of the molecule is CC(C)(C)OC(=O)NC[C@H]1CCCCN1C(F)(F)F. The Morgan fingerprint density at radius 1 is 1.32 bits per heavy atom. The maximum Gasteiger partial charge on any atom is 0.460 e. The Balaban J connectivity index is 2.48. The van der Waals surface area contributed by atoms with Crippen molar-refractivity contribution in [2.45, 2.75) is 58.0 Å². The summed E-state index contributed by atoms with van der Waals surface area (Å²) in [6, 6.07) is -0.707. The third kappa shape index (κ3) is 5.67. The molecule has 0 aromatic rings. The van der Waals surface area contributed by atoms with E-state index in [1.54, 1.807) is 20.8 Å². The van der Waals surface area contributed by atoms with E-state index < -0.39 is 24.0 Å². The molecule has 0 aromatic heterocycles. The van der Waals surface area contributed by atoms with E-state index in [4.69, 9.17) is 4.74 Å². The topological polar surface area (TPSA) is 41.6 Å². The van der Waals surface area contributed by atoms with Gasteiger partial charge in [0, 0.05) is 19.1 Å². The first-order chi connectivity index (χ1) is 8.59. The lowest BCUT2D eigenvalue weighted by Gasteiger charge is -2.36. The molecule has 0 saturated carbocycles. The fraction of sp³-hybridized carbons (Fsp3) is 0.917. The molecule has 0 bridgehead atoms. The Morgan fingerprint density at radius 3 is 2.47 bits per heavy atom. The smallest absolute Gasteiger partial charge is 0.444 e. The average Bonchev–Trinajstić information content (AvgIpc) is 2.23. The molecule has 0 unspecified atom stereocenters. The summed E-state index contributed by atoms with van der Waals surface area (Å²) in [6.07, 6.45) is -3.33. The number of amides is 1. The number of hydrogen-bond acceptors (Lipinski definition) is 3. The molecule has 7 heteroatoms. The zero-order valence-electron chi connectivity index (χ0n) is 11.5. The Hall–Kier alpha value is -0.980. The van der Waals surface area contributed by atoms with E-state index in [1.807, 2.05) is 0 Å². The number of hydrogen-bond donors (Lipinski definition) is 1. The van der Waals surface area contributed by atoms with E-state index in [0.29, 0.717) is 17.7 Å². The highest BCUT2D eigenvalue weighted by Gasteiger charge is 2.42. The second-order valence-electron chi connectivity index (χ2n) is 5.69. The molecule has 1 fully saturated rings. The number of likely N-dealkylation sites (tertiary alicyclic amines) is 1. The zero-order chi connectivity index (χ0) is 14.7. The van der Waals surface area contributed by atoms with Gasteiger partial charge in [-0.1, -0.05) is 6.42 Å². The standard InChI is InChI=1S/C12H21F3N2O2/c1-11(2,3)19-10(18)16-8-9-6-4-5-7-17(9)12(13,14)15/h9H,4-8H2,1-3H3,(H,16,18)/t9-/m1/s1. The minimum atomic E-state index is -4.35. The number of rotatable bonds is 2. The molecule has 1 atom stereocenters. The maximum absolute atomic E-state index is 12.8. The molecule has 0 radical (unpaired) electrons. The lowest BCUT2D eigenvalue weighted by molar-refractivity contribution is -0.263. The predicted octanol–water partition coefficient (Wildman–Crippen LogP) is 2.89. The highest BCUT2D eigenvalue weighted by atomic mass is 19.4. The molecule has 1 heterocycles. The van der Waals surface area contributed by atoms with Crippen molar-refractivity contribution in [3.63, 3.8) is 0 Å². The van der Waals surface area contributed by atoms with Crippen LogP contribution in [0.25, 0.3) is 0 Å². The maximum atomic E-state index is 12.8. The number of alkyl halides is 3. The number of alkyl carbamates (subject to hydrolysis) is 1. The first-order valence-corrected chi connectivity index (χ1v) is 6.40. The summed E-state index contributed by atoms with van der Waals surface area (Å²) in [6.45, 7) is 5.05. The predicted molar refractivity (Wildman–Crippen MR) is 64.6 cm³/mol. The second kappa shape index (κ2) is 5.98. The van der Waals surface area contributed by atoms with Crippen molar-refractivity contribution >= 4 is 6.09 Å². The summed E-state index contributed by atoms with van der Waals surface area (Å²) in [4.78, 5) is 11.9. The molecule has 1 saturated heterocycles. The van der Waals surface area contributed by atoms with Crippen LogP contribution in [0.15, 0.2) is 0 Å². The van der Waals surface area contributed by atoms with Crippen molar-refractivity contribution in [1.29, 1.82) is 0 Å². The van der Waals surface area contributed by atoms with Gasteiger partial charge in [0.1, 0.15) is 5.60 Å². The van der Waals surface area contributed by atoms with Gasteiger partial charge in [0.2, 0.25) is 0 Å². The van der Waals surface area contributed by atoms with E-state index in [9.17, 15) is 18.0 Å². The Bertz CT molecular complexity index is 313. The van der Waals surface area contributed by atoms with Crippen LogP contribution >= 0.6 is 0 Å². The van der Waals surface area contributed by atoms with Crippen LogP contribution in [0.1, 0.15) is 40.0 Å². The van der Waals surface area contributed by atoms with Gasteiger partial charge in [0.15, 0.2) is 0 Å². The van der Waals surface area contributed by atoms with Gasteiger partial charge in [-0.25, -0.2) is 9.69 Å². The van der Waals surface area contributed by atoms with E-state index in [0.717, 1.165) is 6.42 Å². The first-order valence-electron chi connectivity index (χ1n) is 6.40. The van der Waals surface area contributed by atoms with Crippen LogP contribution in [0.2, 0.25) is 0 Å². The van der Waals surface area contributed by atoms with Crippen molar-refractivity contribution < 1.29 is 22.7 Å². The summed E-state index contributed by atoms with van der Waals surface area (Å²) < 4.78 is 43.3. The molecule has 1 rings (SSSR count). The van der Waals surface area contributed by atoms with Crippen LogP contribution in [0.5, 0.6) is 0 Å². The van der Waals surface area contributed by atoms with Crippen molar-refractivity contribution in [3.8, 4) is 0 Å². The lowest BCUT2D eigenvalue weighted by Crippen LogP contribution is -2.53. The summed E-state index contributed by atoms with van der Waals surface area (Å²) in [5, 5.41) is 2.41. The van der Waals surface area contributed by atoms with Crippen molar-refractivity contribution in [2.75, 3.05) is 13.1 Å². The Labute approximate surface area is 111 Å². The van der Waals surface area contributed by atoms with Crippen LogP contribution < -0.4 is 5.32 Å². The largest absolute Gasteiger partial charge is 0.460 e. The summed E-state index contributed by atoms with van der Waals surface area (Å²) in [7, 11) is 0. The molecule has 4 nitrogen and oxygen atoms in total. The molecule has 1 amide bonds. The highest BCUT2D eigenvalue weighted by molar-refractivity contribution is 5.67. The van der Waals surface area contributed by atoms with Gasteiger partial charge in [-0.15, -0.1) is 0 Å². The quantitative estimate of drug-likeness (QED) is 0.792. The summed E-state index contributed by atoms with van der Waals surface area (Å²) >= 11 is 0. The Kier molecular flexibility index (Phi) is 5.06. The van der Waals surface area contributed by atoms with Crippen LogP contribution in [0.3, 0.4) is 0 Å². The fourth-order valence-electron chi connectivity index (χ4n) is 2.06. The van der Waals surface area contributed by atoms with Crippen LogP contribution in [0.4, 0.5) is 18.0 Å². The molecule has 1 N–H and O–H groups in total. The van der Waals surface area contributed by atoms with Crippen LogP contribution in [-0.2, 0) is 4.74 Å². The van der Waals surface area contributed by atoms with Gasteiger partial charge in [0.25, 0.3) is 0 Å². The lowest BCUT2D eigenvalue weighted by atomic mass is 10.0. The summed E-state index contributed by atoms with van der Waals surface area (Å²) in [5.74, 6) is 0. The van der Waals surface area contributed by atoms with Gasteiger partial charge < -0.3 is 10.1 Å². The number of ether oxygens (including phenoxy) is 1. The molecule has 19 heavy (non-hydrogen) atoms. The van der Waals surface area contributed by atoms with E-state index >= 15 is 0 Å². The van der Waals surface area contributed by atoms with E-state index in [1.165, 1.54) is 0 Å². The monoisotopic (exact) mass is 282 g/mol. The molecule has 0 aliphatic carbocycles. The number of piperidine rings is 1. The molecule has 0 aromatic carbocycles. The van der Waals surface area contributed by atoms with E-state index in [2.05, 4.69) is 5.32 Å². The van der Waals surface area contributed by atoms with Crippen molar-refractivity contribution in [2.24, 2.45) is 0 Å². The molecular weight excluding hydrogens is 261 g/mol. The fourth-order valence-corrected chi connectivity index (χ4v) is 2.06. The molecular formula is C12H21F3N2O2. The van der Waals surface area contributed by atoms with Gasteiger partial charge >= 0.3 is 12.4 Å². The summed E-state index contributed by atoms with van der Waals surface area (Å²) in [5.41, 5.74) is -0.652. The second-order valence-corrected chi connectivity index (χ2v) is 5.69. The average molecular weight is 282 g/mol. The molecule has 1 aliphatic heterocycles. The number of nitrogens with one attached hydrogen (secondary N) is 1. The van der Waals surface area contributed by atoms with Gasteiger partial charge in [-0.2, -0.15) is 13.2 Å². The number of carbonyl (C=O) groups excluding carboxylic acids is 1. The van der Waals surface area contributed by atoms with Gasteiger partial charge in [0.05, 0.1) is 0 Å². The number of halogens is 3. The first kappa shape index (κ1) is 16.1.